The second-order valence-electron chi connectivity index (χ2n) is 7.61. The van der Waals surface area contributed by atoms with Crippen molar-refractivity contribution in [2.45, 2.75) is 44.6 Å². The van der Waals surface area contributed by atoms with Crippen molar-refractivity contribution in [1.82, 2.24) is 4.31 Å². The van der Waals surface area contributed by atoms with Gasteiger partial charge in [0, 0.05) is 30.9 Å². The van der Waals surface area contributed by atoms with Gasteiger partial charge in [-0.1, -0.05) is 13.8 Å². The third-order valence-corrected chi connectivity index (χ3v) is 7.47. The molecule has 1 aliphatic rings. The molecule has 1 N–H and O–H groups in total. The lowest BCUT2D eigenvalue weighted by molar-refractivity contribution is 0.0679. The number of amides is 1. The van der Waals surface area contributed by atoms with Crippen molar-refractivity contribution in [2.75, 3.05) is 38.2 Å². The summed E-state index contributed by atoms with van der Waals surface area (Å²) in [4.78, 5) is 12.8. The van der Waals surface area contributed by atoms with Gasteiger partial charge in [0.25, 0.3) is 5.91 Å². The fourth-order valence-corrected chi connectivity index (χ4v) is 5.25. The average Bonchev–Trinajstić information content (AvgIpc) is 3.33. The highest BCUT2D eigenvalue weighted by Gasteiger charge is 2.26. The highest BCUT2D eigenvalue weighted by Crippen LogP contribution is 2.30. The van der Waals surface area contributed by atoms with Gasteiger partial charge in [-0.15, -0.1) is 0 Å². The third kappa shape index (κ3) is 6.25. The molecule has 2 aromatic rings. The van der Waals surface area contributed by atoms with Crippen LogP contribution in [0.3, 0.4) is 0 Å². The van der Waals surface area contributed by atoms with Crippen LogP contribution in [-0.4, -0.2) is 57.6 Å². The fraction of sp³-hybridized carbons (Fsp3) is 0.458. The average molecular weight is 477 g/mol. The number of nitrogens with zero attached hydrogens (tertiary/aromatic N) is 1. The van der Waals surface area contributed by atoms with Gasteiger partial charge in [0.2, 0.25) is 10.0 Å². The van der Waals surface area contributed by atoms with Crippen molar-refractivity contribution >= 4 is 21.6 Å². The molecule has 3 rings (SSSR count). The lowest BCUT2D eigenvalue weighted by Crippen LogP contribution is -2.31. The van der Waals surface area contributed by atoms with Crippen LogP contribution in [-0.2, 0) is 14.8 Å². The van der Waals surface area contributed by atoms with Crippen molar-refractivity contribution in [1.29, 1.82) is 0 Å². The van der Waals surface area contributed by atoms with Crippen LogP contribution < -0.4 is 14.8 Å². The van der Waals surface area contributed by atoms with Crippen LogP contribution in [0.5, 0.6) is 11.5 Å². The summed E-state index contributed by atoms with van der Waals surface area (Å²) in [5, 5.41) is 2.77. The first-order valence-electron chi connectivity index (χ1n) is 11.3. The normalized spacial score (nSPS) is 16.1. The number of hydrogen-bond acceptors (Lipinski definition) is 6. The molecule has 33 heavy (non-hydrogen) atoms. The Hall–Kier alpha value is -2.62. The minimum atomic E-state index is -3.77. The highest BCUT2D eigenvalue weighted by molar-refractivity contribution is 7.89. The van der Waals surface area contributed by atoms with E-state index in [4.69, 9.17) is 14.2 Å². The number of ether oxygens (including phenoxy) is 3. The molecule has 0 saturated carbocycles. The van der Waals surface area contributed by atoms with E-state index >= 15 is 0 Å². The second kappa shape index (κ2) is 11.5. The van der Waals surface area contributed by atoms with Gasteiger partial charge in [-0.25, -0.2) is 8.42 Å². The van der Waals surface area contributed by atoms with Gasteiger partial charge in [-0.2, -0.15) is 4.31 Å². The predicted molar refractivity (Wildman–Crippen MR) is 127 cm³/mol. The number of carbonyl (C=O) groups is 1. The SMILES string of the molecule is CCOc1ccc(NC(=O)c2ccc(OC[C@@H]3CCCO3)cc2)cc1S(=O)(=O)N(CC)CC. The molecule has 1 saturated heterocycles. The van der Waals surface area contributed by atoms with Crippen molar-refractivity contribution < 1.29 is 27.4 Å². The van der Waals surface area contributed by atoms with Gasteiger partial charge >= 0.3 is 0 Å². The second-order valence-corrected chi connectivity index (χ2v) is 9.51. The van der Waals surface area contributed by atoms with Crippen LogP contribution in [0.2, 0.25) is 0 Å². The maximum Gasteiger partial charge on any atom is 0.255 e. The largest absolute Gasteiger partial charge is 0.492 e. The van der Waals surface area contributed by atoms with Gasteiger partial charge < -0.3 is 19.5 Å². The summed E-state index contributed by atoms with van der Waals surface area (Å²) in [6, 6.07) is 11.4. The van der Waals surface area contributed by atoms with Crippen LogP contribution >= 0.6 is 0 Å². The van der Waals surface area contributed by atoms with E-state index in [9.17, 15) is 13.2 Å². The highest BCUT2D eigenvalue weighted by atomic mass is 32.2. The van der Waals surface area contributed by atoms with Gasteiger partial charge in [0.05, 0.1) is 12.7 Å². The molecule has 1 fully saturated rings. The van der Waals surface area contributed by atoms with E-state index in [2.05, 4.69) is 5.32 Å². The Kier molecular flexibility index (Phi) is 8.71. The molecule has 2 aromatic carbocycles. The van der Waals surface area contributed by atoms with Crippen molar-refractivity contribution in [3.05, 3.63) is 48.0 Å². The first kappa shape index (κ1) is 25.0. The zero-order valence-corrected chi connectivity index (χ0v) is 20.2. The Balaban J connectivity index is 1.73. The van der Waals surface area contributed by atoms with E-state index in [1.165, 1.54) is 10.4 Å². The minimum Gasteiger partial charge on any atom is -0.492 e. The van der Waals surface area contributed by atoms with Gasteiger partial charge in [0.15, 0.2) is 0 Å². The Morgan fingerprint density at radius 3 is 2.42 bits per heavy atom. The maximum absolute atomic E-state index is 13.1. The Morgan fingerprint density at radius 2 is 1.82 bits per heavy atom. The van der Waals surface area contributed by atoms with E-state index in [-0.39, 0.29) is 22.7 Å². The number of anilines is 1. The monoisotopic (exact) mass is 476 g/mol. The first-order valence-corrected chi connectivity index (χ1v) is 12.8. The molecule has 180 valence electrons. The number of nitrogens with one attached hydrogen (secondary N) is 1. The maximum atomic E-state index is 13.1. The number of rotatable bonds is 11. The third-order valence-electron chi connectivity index (χ3n) is 5.40. The van der Waals surface area contributed by atoms with Crippen molar-refractivity contribution in [3.63, 3.8) is 0 Å². The number of hydrogen-bond donors (Lipinski definition) is 1. The topological polar surface area (TPSA) is 94.2 Å². The Labute approximate surface area is 195 Å². The Morgan fingerprint density at radius 1 is 1.09 bits per heavy atom. The zero-order chi connectivity index (χ0) is 23.8. The van der Waals surface area contributed by atoms with E-state index in [0.29, 0.717) is 43.3 Å². The molecule has 0 aromatic heterocycles. The summed E-state index contributed by atoms with van der Waals surface area (Å²) in [5.74, 6) is 0.571. The molecule has 0 bridgehead atoms. The molecule has 8 nitrogen and oxygen atoms in total. The summed E-state index contributed by atoms with van der Waals surface area (Å²) in [7, 11) is -3.77. The molecule has 1 amide bonds. The lowest BCUT2D eigenvalue weighted by Gasteiger charge is -2.21. The molecule has 1 heterocycles. The quantitative estimate of drug-likeness (QED) is 0.528. The molecule has 1 atom stereocenters. The molecular weight excluding hydrogens is 444 g/mol. The minimum absolute atomic E-state index is 0.0312. The predicted octanol–water partition coefficient (Wildman–Crippen LogP) is 3.93. The first-order chi connectivity index (χ1) is 15.9. The van der Waals surface area contributed by atoms with Gasteiger partial charge in [-0.05, 0) is 62.2 Å². The van der Waals surface area contributed by atoms with E-state index in [0.717, 1.165) is 19.4 Å². The lowest BCUT2D eigenvalue weighted by atomic mass is 10.2. The summed E-state index contributed by atoms with van der Waals surface area (Å²) < 4.78 is 44.4. The van der Waals surface area contributed by atoms with Crippen molar-refractivity contribution in [2.24, 2.45) is 0 Å². The number of benzene rings is 2. The van der Waals surface area contributed by atoms with E-state index in [1.807, 2.05) is 0 Å². The van der Waals surface area contributed by atoms with Crippen LogP contribution in [0, 0.1) is 0 Å². The molecule has 1 aliphatic heterocycles. The van der Waals surface area contributed by atoms with Gasteiger partial charge in [-0.3, -0.25) is 4.79 Å². The van der Waals surface area contributed by atoms with Gasteiger partial charge in [0.1, 0.15) is 23.0 Å². The standard InChI is InChI=1S/C24H32N2O6S/c1-4-26(5-2)33(28,29)23-16-19(11-14-22(23)30-6-3)25-24(27)18-9-12-20(13-10-18)32-17-21-8-7-15-31-21/h9-14,16,21H,4-8,15,17H2,1-3H3,(H,25,27)/t21-/m0/s1. The molecule has 0 unspecified atom stereocenters. The fourth-order valence-electron chi connectivity index (χ4n) is 3.64. The van der Waals surface area contributed by atoms with Crippen LogP contribution in [0.25, 0.3) is 0 Å². The summed E-state index contributed by atoms with van der Waals surface area (Å²) in [5.41, 5.74) is 0.800. The zero-order valence-electron chi connectivity index (χ0n) is 19.4. The molecule has 0 spiro atoms. The van der Waals surface area contributed by atoms with E-state index in [1.54, 1.807) is 57.2 Å². The Bertz CT molecular complexity index is 1030. The van der Waals surface area contributed by atoms with Crippen molar-refractivity contribution in [3.8, 4) is 11.5 Å². The van der Waals surface area contributed by atoms with E-state index < -0.39 is 10.0 Å². The molecular formula is C24H32N2O6S. The smallest absolute Gasteiger partial charge is 0.255 e. The summed E-state index contributed by atoms with van der Waals surface area (Å²) in [6.07, 6.45) is 2.17. The summed E-state index contributed by atoms with van der Waals surface area (Å²) in [6.45, 7) is 7.61. The number of carbonyl (C=O) groups excluding carboxylic acids is 1. The molecule has 9 heteroatoms. The molecule has 0 aliphatic carbocycles. The van der Waals surface area contributed by atoms with Crippen LogP contribution in [0.15, 0.2) is 47.4 Å². The summed E-state index contributed by atoms with van der Waals surface area (Å²) >= 11 is 0. The van der Waals surface area contributed by atoms with Crippen LogP contribution in [0.4, 0.5) is 5.69 Å². The number of sulfonamides is 1. The van der Waals surface area contributed by atoms with Crippen LogP contribution in [0.1, 0.15) is 44.0 Å². The molecule has 0 radical (unpaired) electrons.